The Morgan fingerprint density at radius 1 is 0.795 bits per heavy atom. The van der Waals surface area contributed by atoms with Crippen molar-refractivity contribution < 1.29 is 0 Å². The topological polar surface area (TPSA) is 81.3 Å². The van der Waals surface area contributed by atoms with Crippen molar-refractivity contribution in [1.29, 1.82) is 0 Å². The first-order valence-corrected chi connectivity index (χ1v) is 13.5. The Labute approximate surface area is 230 Å². The van der Waals surface area contributed by atoms with E-state index in [2.05, 4.69) is 84.3 Å². The number of hydrogen-bond donors (Lipinski definition) is 3. The first-order valence-electron chi connectivity index (χ1n) is 13.5. The number of allylic oxidation sites excluding steroid dienone is 4. The maximum atomic E-state index is 6.04. The molecule has 1 heterocycles. The Morgan fingerprint density at radius 2 is 1.49 bits per heavy atom. The van der Waals surface area contributed by atoms with Crippen LogP contribution in [0.4, 0.5) is 11.4 Å². The van der Waals surface area contributed by atoms with Gasteiger partial charge in [-0.1, -0.05) is 97.6 Å². The molecule has 1 atom stereocenters. The van der Waals surface area contributed by atoms with E-state index in [0.717, 1.165) is 6.54 Å². The summed E-state index contributed by atoms with van der Waals surface area (Å²) < 4.78 is 0. The number of nitrogens with two attached hydrogens (primary N) is 3. The highest BCUT2D eigenvalue weighted by Gasteiger charge is 2.21. The zero-order valence-electron chi connectivity index (χ0n) is 22.3. The SMILES string of the molecule is C=C/C=C\C(N)/C=C\C=C/N.NCc1ccc2ccc3c(N4CCCc5ccccc54)ccc4ccc1c2c43. The second-order valence-electron chi connectivity index (χ2n) is 9.79. The molecule has 6 rings (SSSR count). The fourth-order valence-electron chi connectivity index (χ4n) is 5.57. The monoisotopic (exact) mass is 512 g/mol. The largest absolute Gasteiger partial charge is 0.405 e. The van der Waals surface area contributed by atoms with Gasteiger partial charge < -0.3 is 22.1 Å². The van der Waals surface area contributed by atoms with Crippen LogP contribution in [-0.2, 0) is 13.0 Å². The molecule has 0 fully saturated rings. The highest BCUT2D eigenvalue weighted by Crippen LogP contribution is 2.43. The molecule has 0 radical (unpaired) electrons. The maximum absolute atomic E-state index is 6.04. The van der Waals surface area contributed by atoms with Gasteiger partial charge in [-0.25, -0.2) is 0 Å². The molecule has 0 aromatic heterocycles. The summed E-state index contributed by atoms with van der Waals surface area (Å²) in [6, 6.07) is 26.8. The van der Waals surface area contributed by atoms with E-state index in [1.807, 2.05) is 12.2 Å². The van der Waals surface area contributed by atoms with Crippen molar-refractivity contribution in [2.45, 2.75) is 25.4 Å². The Kier molecular flexibility index (Phi) is 8.07. The van der Waals surface area contributed by atoms with Crippen LogP contribution in [0.5, 0.6) is 0 Å². The summed E-state index contributed by atoms with van der Waals surface area (Å²) in [5.41, 5.74) is 22.1. The minimum absolute atomic E-state index is 0.0656. The van der Waals surface area contributed by atoms with Crippen molar-refractivity contribution in [2.75, 3.05) is 11.4 Å². The molecule has 4 nitrogen and oxygen atoms in total. The number of nitrogens with zero attached hydrogens (tertiary/aromatic N) is 1. The zero-order valence-corrected chi connectivity index (χ0v) is 22.3. The zero-order chi connectivity index (χ0) is 27.2. The Balaban J connectivity index is 0.000000241. The van der Waals surface area contributed by atoms with Crippen molar-refractivity contribution in [3.63, 3.8) is 0 Å². The average Bonchev–Trinajstić information content (AvgIpc) is 2.99. The molecule has 0 saturated heterocycles. The van der Waals surface area contributed by atoms with Crippen molar-refractivity contribution in [2.24, 2.45) is 17.2 Å². The van der Waals surface area contributed by atoms with E-state index in [9.17, 15) is 0 Å². The first-order chi connectivity index (χ1) is 19.2. The summed E-state index contributed by atoms with van der Waals surface area (Å²) in [5, 5.41) is 7.93. The second kappa shape index (κ2) is 12.0. The van der Waals surface area contributed by atoms with Crippen molar-refractivity contribution >= 4 is 43.7 Å². The summed E-state index contributed by atoms with van der Waals surface area (Å²) >= 11 is 0. The second-order valence-corrected chi connectivity index (χ2v) is 9.79. The summed E-state index contributed by atoms with van der Waals surface area (Å²) in [6.45, 7) is 5.16. The third-order valence-corrected chi connectivity index (χ3v) is 7.38. The number of rotatable bonds is 6. The van der Waals surface area contributed by atoms with Gasteiger partial charge in [0.1, 0.15) is 0 Å². The molecule has 0 saturated carbocycles. The van der Waals surface area contributed by atoms with Gasteiger partial charge in [0.25, 0.3) is 0 Å². The number of anilines is 2. The molecular formula is C35H36N4. The molecule has 0 amide bonds. The number of aryl methyl sites for hydroxylation is 1. The van der Waals surface area contributed by atoms with Crippen LogP contribution >= 0.6 is 0 Å². The predicted molar refractivity (Wildman–Crippen MR) is 170 cm³/mol. The van der Waals surface area contributed by atoms with Crippen LogP contribution in [0.3, 0.4) is 0 Å². The molecular weight excluding hydrogens is 476 g/mol. The van der Waals surface area contributed by atoms with Gasteiger partial charge in [0.15, 0.2) is 0 Å². The molecule has 39 heavy (non-hydrogen) atoms. The fraction of sp³-hybridized carbons (Fsp3) is 0.143. The van der Waals surface area contributed by atoms with Gasteiger partial charge in [0.2, 0.25) is 0 Å². The Bertz CT molecular complexity index is 1680. The van der Waals surface area contributed by atoms with Crippen LogP contribution < -0.4 is 22.1 Å². The van der Waals surface area contributed by atoms with E-state index < -0.39 is 0 Å². The van der Waals surface area contributed by atoms with Gasteiger partial charge in [-0.05, 0) is 75.3 Å². The molecule has 1 aliphatic rings. The van der Waals surface area contributed by atoms with E-state index in [-0.39, 0.29) is 6.04 Å². The quantitative estimate of drug-likeness (QED) is 0.166. The average molecular weight is 513 g/mol. The van der Waals surface area contributed by atoms with E-state index in [1.165, 1.54) is 73.9 Å². The summed E-state index contributed by atoms with van der Waals surface area (Å²) in [6.07, 6.45) is 14.5. The third-order valence-electron chi connectivity index (χ3n) is 7.38. The molecule has 0 aliphatic carbocycles. The molecule has 1 aliphatic heterocycles. The van der Waals surface area contributed by atoms with Gasteiger partial charge in [-0.2, -0.15) is 0 Å². The van der Waals surface area contributed by atoms with Crippen molar-refractivity contribution in [3.05, 3.63) is 133 Å². The van der Waals surface area contributed by atoms with Crippen LogP contribution in [0, 0.1) is 0 Å². The number of hydrogen-bond acceptors (Lipinski definition) is 4. The fourth-order valence-corrected chi connectivity index (χ4v) is 5.57. The highest BCUT2D eigenvalue weighted by atomic mass is 15.1. The van der Waals surface area contributed by atoms with Crippen LogP contribution in [0.25, 0.3) is 32.3 Å². The van der Waals surface area contributed by atoms with Gasteiger partial charge in [-0.3, -0.25) is 0 Å². The van der Waals surface area contributed by atoms with Crippen LogP contribution in [0.15, 0.2) is 122 Å². The minimum Gasteiger partial charge on any atom is -0.405 e. The lowest BCUT2D eigenvalue weighted by Gasteiger charge is -2.32. The molecule has 0 spiro atoms. The number of para-hydroxylation sites is 1. The molecule has 0 bridgehead atoms. The Morgan fingerprint density at radius 3 is 2.26 bits per heavy atom. The predicted octanol–water partition coefficient (Wildman–Crippen LogP) is 7.21. The smallest absolute Gasteiger partial charge is 0.0491 e. The third kappa shape index (κ3) is 5.30. The molecule has 4 heteroatoms. The van der Waals surface area contributed by atoms with Crippen LogP contribution in [0.1, 0.15) is 17.5 Å². The standard InChI is InChI=1S/C26H22N2.C9H14N2/c27-16-20-8-7-18-10-13-22-24(14-11-19-9-12-21(20)25(18)26(19)22)28-15-3-5-17-4-1-2-6-23(17)28;1-2-3-6-9(11)7-4-5-8-10/h1-2,4,6-14H,3,5,15-16,27H2;2-9H,1,10-11H2/b;6-3-,7-4-,8-5-. The van der Waals surface area contributed by atoms with Gasteiger partial charge in [0, 0.05) is 35.9 Å². The highest BCUT2D eigenvalue weighted by molar-refractivity contribution is 6.26. The van der Waals surface area contributed by atoms with E-state index in [0.29, 0.717) is 6.54 Å². The van der Waals surface area contributed by atoms with Crippen LogP contribution in [-0.4, -0.2) is 12.6 Å². The lowest BCUT2D eigenvalue weighted by Crippen LogP contribution is -2.24. The summed E-state index contributed by atoms with van der Waals surface area (Å²) in [7, 11) is 0. The van der Waals surface area contributed by atoms with Gasteiger partial charge >= 0.3 is 0 Å². The Hall–Kier alpha value is -4.38. The normalized spacial score (nSPS) is 14.5. The lowest BCUT2D eigenvalue weighted by molar-refractivity contribution is 0.768. The molecule has 1 unspecified atom stereocenters. The first kappa shape index (κ1) is 26.2. The molecule has 5 aromatic rings. The summed E-state index contributed by atoms with van der Waals surface area (Å²) in [4.78, 5) is 2.51. The van der Waals surface area contributed by atoms with Crippen LogP contribution in [0.2, 0.25) is 0 Å². The van der Waals surface area contributed by atoms with Gasteiger partial charge in [-0.15, -0.1) is 0 Å². The number of benzene rings is 5. The van der Waals surface area contributed by atoms with Gasteiger partial charge in [0.05, 0.1) is 0 Å². The van der Waals surface area contributed by atoms with E-state index in [4.69, 9.17) is 17.2 Å². The van der Waals surface area contributed by atoms with E-state index in [1.54, 1.807) is 24.3 Å². The summed E-state index contributed by atoms with van der Waals surface area (Å²) in [5.74, 6) is 0. The molecule has 196 valence electrons. The van der Waals surface area contributed by atoms with Crippen molar-refractivity contribution in [3.8, 4) is 0 Å². The lowest BCUT2D eigenvalue weighted by atomic mass is 9.90. The maximum Gasteiger partial charge on any atom is 0.0491 e. The molecule has 6 N–H and O–H groups in total. The van der Waals surface area contributed by atoms with E-state index >= 15 is 0 Å². The molecule has 5 aromatic carbocycles. The minimum atomic E-state index is -0.0656. The number of fused-ring (bicyclic) bond motifs is 1. The van der Waals surface area contributed by atoms with Crippen molar-refractivity contribution in [1.82, 2.24) is 0 Å².